The summed E-state index contributed by atoms with van der Waals surface area (Å²) in [6.45, 7) is 0.872. The van der Waals surface area contributed by atoms with Crippen molar-refractivity contribution in [2.24, 2.45) is 0 Å². The first-order chi connectivity index (χ1) is 7.24. The van der Waals surface area contributed by atoms with Gasteiger partial charge in [-0.25, -0.2) is 4.79 Å². The minimum Gasteiger partial charge on any atom is -0.465 e. The Morgan fingerprint density at radius 1 is 1.53 bits per heavy atom. The van der Waals surface area contributed by atoms with Crippen molar-refractivity contribution in [3.05, 3.63) is 28.3 Å². The topological polar surface area (TPSA) is 38.3 Å². The molecule has 0 amide bonds. The minimum atomic E-state index is -0.322. The van der Waals surface area contributed by atoms with E-state index in [1.807, 2.05) is 0 Å². The fourth-order valence-electron chi connectivity index (χ4n) is 1.83. The molecule has 1 aliphatic rings. The quantitative estimate of drug-likeness (QED) is 0.747. The van der Waals surface area contributed by atoms with Crippen LogP contribution in [0.15, 0.2) is 12.1 Å². The highest BCUT2D eigenvalue weighted by atomic mass is 35.5. The van der Waals surface area contributed by atoms with Gasteiger partial charge in [0.25, 0.3) is 0 Å². The molecule has 15 heavy (non-hydrogen) atoms. The summed E-state index contributed by atoms with van der Waals surface area (Å²) in [6, 6.07) is 3.45. The molecular weight excluding hydrogens is 214 g/mol. The average molecular weight is 226 g/mol. The van der Waals surface area contributed by atoms with Crippen molar-refractivity contribution in [3.8, 4) is 0 Å². The van der Waals surface area contributed by atoms with Crippen LogP contribution in [0.4, 0.5) is 5.69 Å². The molecule has 0 saturated heterocycles. The molecule has 3 nitrogen and oxygen atoms in total. The Bertz CT molecular complexity index is 404. The van der Waals surface area contributed by atoms with Crippen molar-refractivity contribution < 1.29 is 9.53 Å². The van der Waals surface area contributed by atoms with E-state index < -0.39 is 0 Å². The second kappa shape index (κ2) is 4.11. The van der Waals surface area contributed by atoms with Crippen LogP contribution in [0, 0.1) is 0 Å². The molecule has 0 fully saturated rings. The number of fused-ring (bicyclic) bond motifs is 1. The van der Waals surface area contributed by atoms with Crippen LogP contribution in [-0.2, 0) is 11.2 Å². The number of halogens is 1. The second-order valence-corrected chi connectivity index (χ2v) is 3.88. The first-order valence-corrected chi connectivity index (χ1v) is 5.25. The molecule has 0 radical (unpaired) electrons. The predicted molar refractivity (Wildman–Crippen MR) is 59.6 cm³/mol. The minimum absolute atomic E-state index is 0.322. The number of hydrogen-bond acceptors (Lipinski definition) is 3. The lowest BCUT2D eigenvalue weighted by Gasteiger charge is -2.21. The molecule has 80 valence electrons. The first kappa shape index (κ1) is 10.3. The van der Waals surface area contributed by atoms with Gasteiger partial charge in [-0.05, 0) is 30.5 Å². The Morgan fingerprint density at radius 2 is 2.33 bits per heavy atom. The van der Waals surface area contributed by atoms with Crippen LogP contribution < -0.4 is 5.32 Å². The third-order valence-corrected chi connectivity index (χ3v) is 2.92. The van der Waals surface area contributed by atoms with Gasteiger partial charge in [-0.3, -0.25) is 0 Å². The van der Waals surface area contributed by atoms with E-state index >= 15 is 0 Å². The number of nitrogens with one attached hydrogen (secondary N) is 1. The van der Waals surface area contributed by atoms with Gasteiger partial charge in [0.15, 0.2) is 0 Å². The van der Waals surface area contributed by atoms with E-state index in [1.54, 1.807) is 12.1 Å². The molecule has 4 heteroatoms. The number of rotatable bonds is 1. The normalized spacial score (nSPS) is 14.0. The number of ether oxygens (including phenoxy) is 1. The van der Waals surface area contributed by atoms with Crippen molar-refractivity contribution in [2.75, 3.05) is 19.0 Å². The van der Waals surface area contributed by atoms with Crippen LogP contribution >= 0.6 is 11.6 Å². The molecule has 0 aromatic heterocycles. The van der Waals surface area contributed by atoms with E-state index in [4.69, 9.17) is 16.3 Å². The maximum absolute atomic E-state index is 11.5. The van der Waals surface area contributed by atoms with Crippen molar-refractivity contribution in [3.63, 3.8) is 0 Å². The number of methoxy groups -OCH3 is 1. The summed E-state index contributed by atoms with van der Waals surface area (Å²) >= 11 is 6.07. The Morgan fingerprint density at radius 3 is 3.07 bits per heavy atom. The average Bonchev–Trinajstić information content (AvgIpc) is 2.29. The maximum atomic E-state index is 11.5. The van der Waals surface area contributed by atoms with Gasteiger partial charge < -0.3 is 10.1 Å². The summed E-state index contributed by atoms with van der Waals surface area (Å²) in [5.74, 6) is -0.322. The summed E-state index contributed by atoms with van der Waals surface area (Å²) in [7, 11) is 1.38. The Hall–Kier alpha value is -1.22. The Balaban J connectivity index is 2.52. The molecule has 0 aliphatic carbocycles. The molecule has 0 unspecified atom stereocenters. The standard InChI is InChI=1S/C11H12ClNO2/c1-15-11(14)8-4-5-9(12)7-3-2-6-13-10(7)8/h4-5,13H,2-3,6H2,1H3. The highest BCUT2D eigenvalue weighted by molar-refractivity contribution is 6.32. The van der Waals surface area contributed by atoms with Crippen LogP contribution in [0.1, 0.15) is 22.3 Å². The maximum Gasteiger partial charge on any atom is 0.339 e. The monoisotopic (exact) mass is 225 g/mol. The molecule has 1 aromatic rings. The molecule has 1 N–H and O–H groups in total. The third-order valence-electron chi connectivity index (χ3n) is 2.57. The zero-order valence-electron chi connectivity index (χ0n) is 8.47. The summed E-state index contributed by atoms with van der Waals surface area (Å²) in [5.41, 5.74) is 2.42. The van der Waals surface area contributed by atoms with E-state index in [-0.39, 0.29) is 5.97 Å². The number of benzene rings is 1. The van der Waals surface area contributed by atoms with Gasteiger partial charge in [0.1, 0.15) is 0 Å². The van der Waals surface area contributed by atoms with Crippen molar-refractivity contribution in [1.29, 1.82) is 0 Å². The van der Waals surface area contributed by atoms with E-state index in [0.29, 0.717) is 10.6 Å². The molecular formula is C11H12ClNO2. The molecule has 0 spiro atoms. The lowest BCUT2D eigenvalue weighted by Crippen LogP contribution is -2.16. The van der Waals surface area contributed by atoms with Gasteiger partial charge in [0.2, 0.25) is 0 Å². The SMILES string of the molecule is COC(=O)c1ccc(Cl)c2c1NCCC2. The fraction of sp³-hybridized carbons (Fsp3) is 0.364. The number of hydrogen-bond donors (Lipinski definition) is 1. The zero-order valence-corrected chi connectivity index (χ0v) is 9.23. The van der Waals surface area contributed by atoms with Crippen LogP contribution in [0.5, 0.6) is 0 Å². The van der Waals surface area contributed by atoms with Gasteiger partial charge in [0.05, 0.1) is 18.4 Å². The third kappa shape index (κ3) is 1.79. The van der Waals surface area contributed by atoms with Crippen LogP contribution in [-0.4, -0.2) is 19.6 Å². The summed E-state index contributed by atoms with van der Waals surface area (Å²) in [5, 5.41) is 3.91. The van der Waals surface area contributed by atoms with Gasteiger partial charge in [0, 0.05) is 11.6 Å². The summed E-state index contributed by atoms with van der Waals surface area (Å²) in [6.07, 6.45) is 1.95. The molecule has 2 rings (SSSR count). The number of esters is 1. The highest BCUT2D eigenvalue weighted by Crippen LogP contribution is 2.32. The molecule has 1 aromatic carbocycles. The number of carbonyl (C=O) groups is 1. The van der Waals surface area contributed by atoms with Gasteiger partial charge in [-0.1, -0.05) is 11.6 Å². The zero-order chi connectivity index (χ0) is 10.8. The van der Waals surface area contributed by atoms with Gasteiger partial charge >= 0.3 is 5.97 Å². The van der Waals surface area contributed by atoms with Gasteiger partial charge in [-0.2, -0.15) is 0 Å². The smallest absolute Gasteiger partial charge is 0.339 e. The van der Waals surface area contributed by atoms with E-state index in [1.165, 1.54) is 7.11 Å². The van der Waals surface area contributed by atoms with Crippen LogP contribution in [0.2, 0.25) is 5.02 Å². The van der Waals surface area contributed by atoms with E-state index in [0.717, 1.165) is 30.6 Å². The first-order valence-electron chi connectivity index (χ1n) is 4.87. The molecule has 0 atom stereocenters. The lowest BCUT2D eigenvalue weighted by molar-refractivity contribution is 0.0601. The van der Waals surface area contributed by atoms with Crippen LogP contribution in [0.3, 0.4) is 0 Å². The van der Waals surface area contributed by atoms with E-state index in [2.05, 4.69) is 5.32 Å². The van der Waals surface area contributed by atoms with Gasteiger partial charge in [-0.15, -0.1) is 0 Å². The Kier molecular flexibility index (Phi) is 2.82. The Labute approximate surface area is 93.4 Å². The largest absolute Gasteiger partial charge is 0.465 e. The molecule has 0 bridgehead atoms. The summed E-state index contributed by atoms with van der Waals surface area (Å²) < 4.78 is 4.72. The molecule has 1 heterocycles. The van der Waals surface area contributed by atoms with E-state index in [9.17, 15) is 4.79 Å². The number of anilines is 1. The fourth-order valence-corrected chi connectivity index (χ4v) is 2.08. The number of carbonyl (C=O) groups excluding carboxylic acids is 1. The lowest BCUT2D eigenvalue weighted by atomic mass is 9.99. The molecule has 0 saturated carbocycles. The predicted octanol–water partition coefficient (Wildman–Crippen LogP) is 2.48. The second-order valence-electron chi connectivity index (χ2n) is 3.47. The van der Waals surface area contributed by atoms with Crippen molar-refractivity contribution in [1.82, 2.24) is 0 Å². The highest BCUT2D eigenvalue weighted by Gasteiger charge is 2.19. The molecule has 1 aliphatic heterocycles. The summed E-state index contributed by atoms with van der Waals surface area (Å²) in [4.78, 5) is 11.5. The van der Waals surface area contributed by atoms with Crippen molar-refractivity contribution >= 4 is 23.3 Å². The van der Waals surface area contributed by atoms with Crippen molar-refractivity contribution in [2.45, 2.75) is 12.8 Å². The van der Waals surface area contributed by atoms with Crippen LogP contribution in [0.25, 0.3) is 0 Å².